The van der Waals surface area contributed by atoms with Gasteiger partial charge in [-0.05, 0) is 19.9 Å². The van der Waals surface area contributed by atoms with Gasteiger partial charge in [0.2, 0.25) is 0 Å². The number of aromatic nitrogens is 3. The van der Waals surface area contributed by atoms with Crippen molar-refractivity contribution >= 4 is 11.0 Å². The minimum atomic E-state index is -1.14. The van der Waals surface area contributed by atoms with E-state index in [0.29, 0.717) is 5.65 Å². The van der Waals surface area contributed by atoms with Crippen molar-refractivity contribution in [2.24, 2.45) is 0 Å². The largest absolute Gasteiger partial charge is 0.391 e. The number of ether oxygens (including phenoxy) is 1. The summed E-state index contributed by atoms with van der Waals surface area (Å²) >= 11 is 0. The van der Waals surface area contributed by atoms with Crippen LogP contribution in [-0.4, -0.2) is 54.3 Å². The van der Waals surface area contributed by atoms with Crippen LogP contribution in [0.25, 0.3) is 11.0 Å². The molecule has 20 heavy (non-hydrogen) atoms. The molecular weight excluding hydrogens is 262 g/mol. The number of rotatable bonds is 2. The van der Waals surface area contributed by atoms with Gasteiger partial charge in [-0.25, -0.2) is 9.97 Å². The average Bonchev–Trinajstić information content (AvgIpc) is 2.94. The molecule has 0 unspecified atom stereocenters. The predicted octanol–water partition coefficient (Wildman–Crippen LogP) is -0.260. The zero-order valence-corrected chi connectivity index (χ0v) is 11.2. The Morgan fingerprint density at radius 3 is 2.70 bits per heavy atom. The third-order valence-electron chi connectivity index (χ3n) is 3.73. The maximum Gasteiger partial charge on any atom is 0.164 e. The lowest BCUT2D eigenvalue weighted by atomic mass is 10.1. The van der Waals surface area contributed by atoms with Crippen LogP contribution >= 0.6 is 0 Å². The molecule has 3 rings (SSSR count). The first-order chi connectivity index (χ1) is 9.50. The predicted molar refractivity (Wildman–Crippen MR) is 69.9 cm³/mol. The zero-order valence-electron chi connectivity index (χ0n) is 11.2. The van der Waals surface area contributed by atoms with Crippen LogP contribution in [0.3, 0.4) is 0 Å². The number of fused-ring (bicyclic) bond motifs is 1. The third-order valence-corrected chi connectivity index (χ3v) is 3.73. The summed E-state index contributed by atoms with van der Waals surface area (Å²) < 4.78 is 7.25. The van der Waals surface area contributed by atoms with Gasteiger partial charge >= 0.3 is 0 Å². The van der Waals surface area contributed by atoms with Gasteiger partial charge in [0.1, 0.15) is 30.3 Å². The van der Waals surface area contributed by atoms with E-state index >= 15 is 0 Å². The highest BCUT2D eigenvalue weighted by Crippen LogP contribution is 2.33. The van der Waals surface area contributed by atoms with Crippen LogP contribution in [0, 0.1) is 6.92 Å². The number of aliphatic hydroxyl groups excluding tert-OH is 3. The van der Waals surface area contributed by atoms with E-state index in [0.717, 1.165) is 11.1 Å². The lowest BCUT2D eigenvalue weighted by molar-refractivity contribution is -0.0775. The second-order valence-corrected chi connectivity index (χ2v) is 5.13. The Morgan fingerprint density at radius 1 is 1.30 bits per heavy atom. The average molecular weight is 279 g/mol. The highest BCUT2D eigenvalue weighted by Gasteiger charge is 2.45. The molecule has 0 bridgehead atoms. The molecule has 3 heterocycles. The molecule has 5 atom stereocenters. The van der Waals surface area contributed by atoms with Crippen molar-refractivity contribution in [2.45, 2.75) is 44.5 Å². The van der Waals surface area contributed by atoms with E-state index in [9.17, 15) is 15.3 Å². The van der Waals surface area contributed by atoms with Gasteiger partial charge in [0.05, 0.1) is 11.8 Å². The molecule has 0 aliphatic carbocycles. The summed E-state index contributed by atoms with van der Waals surface area (Å²) in [6.07, 6.45) is -1.56. The molecule has 3 N–H and O–H groups in total. The van der Waals surface area contributed by atoms with Crippen molar-refractivity contribution in [1.29, 1.82) is 0 Å². The van der Waals surface area contributed by atoms with Crippen molar-refractivity contribution in [2.75, 3.05) is 0 Å². The zero-order chi connectivity index (χ0) is 14.4. The van der Waals surface area contributed by atoms with E-state index < -0.39 is 30.6 Å². The fourth-order valence-electron chi connectivity index (χ4n) is 2.62. The first-order valence-electron chi connectivity index (χ1n) is 6.48. The summed E-state index contributed by atoms with van der Waals surface area (Å²) in [7, 11) is 0. The Balaban J connectivity index is 2.02. The fourth-order valence-corrected chi connectivity index (χ4v) is 2.62. The Morgan fingerprint density at radius 2 is 2.05 bits per heavy atom. The summed E-state index contributed by atoms with van der Waals surface area (Å²) in [4.78, 5) is 8.30. The summed E-state index contributed by atoms with van der Waals surface area (Å²) in [5, 5.41) is 30.5. The van der Waals surface area contributed by atoms with E-state index in [1.807, 2.05) is 13.0 Å². The quantitative estimate of drug-likeness (QED) is 0.700. The van der Waals surface area contributed by atoms with Gasteiger partial charge in [-0.1, -0.05) is 0 Å². The first-order valence-corrected chi connectivity index (χ1v) is 6.48. The van der Waals surface area contributed by atoms with E-state index in [4.69, 9.17) is 4.74 Å². The van der Waals surface area contributed by atoms with Gasteiger partial charge in [-0.2, -0.15) is 0 Å². The molecule has 0 aromatic carbocycles. The lowest BCUT2D eigenvalue weighted by Gasteiger charge is -2.18. The minimum Gasteiger partial charge on any atom is -0.391 e. The van der Waals surface area contributed by atoms with Gasteiger partial charge in [-0.3, -0.25) is 0 Å². The van der Waals surface area contributed by atoms with Crippen LogP contribution in [0.5, 0.6) is 0 Å². The molecule has 0 spiro atoms. The summed E-state index contributed by atoms with van der Waals surface area (Å²) in [6, 6.07) is 1.84. The first kappa shape index (κ1) is 13.4. The SMILES string of the molecule is Cc1ncnc2c1ccn2[C@@H]1O[C@H]([C@H](C)O)[C@@H](O)[C@H]1O. The third kappa shape index (κ3) is 1.90. The maximum atomic E-state index is 10.1. The van der Waals surface area contributed by atoms with Gasteiger partial charge in [0.15, 0.2) is 6.23 Å². The standard InChI is InChI=1S/C13H17N3O4/c1-6-8-3-4-16(12(8)15-5-14-6)13-10(19)9(18)11(20-13)7(2)17/h3-5,7,9-11,13,17-19H,1-2H3/t7-,9-,10+,11+,13+/m0/s1. The normalized spacial score (nSPS) is 31.9. The van der Waals surface area contributed by atoms with Crippen molar-refractivity contribution in [1.82, 2.24) is 14.5 Å². The summed E-state index contributed by atoms with van der Waals surface area (Å²) in [5.41, 5.74) is 1.45. The van der Waals surface area contributed by atoms with Crippen LogP contribution < -0.4 is 0 Å². The molecule has 0 amide bonds. The van der Waals surface area contributed by atoms with Crippen LogP contribution in [0.1, 0.15) is 18.8 Å². The Hall–Kier alpha value is -1.54. The molecule has 108 valence electrons. The van der Waals surface area contributed by atoms with E-state index in [2.05, 4.69) is 9.97 Å². The Kier molecular flexibility index (Phi) is 3.21. The molecule has 0 saturated carbocycles. The molecule has 1 fully saturated rings. The monoisotopic (exact) mass is 279 g/mol. The van der Waals surface area contributed by atoms with E-state index in [1.165, 1.54) is 13.3 Å². The molecule has 1 aliphatic rings. The van der Waals surface area contributed by atoms with Crippen molar-refractivity contribution in [3.8, 4) is 0 Å². The topological polar surface area (TPSA) is 101 Å². The van der Waals surface area contributed by atoms with Crippen LogP contribution in [0.4, 0.5) is 0 Å². The fraction of sp³-hybridized carbons (Fsp3) is 0.538. The van der Waals surface area contributed by atoms with Crippen molar-refractivity contribution < 1.29 is 20.1 Å². The van der Waals surface area contributed by atoms with Gasteiger partial charge in [-0.15, -0.1) is 0 Å². The van der Waals surface area contributed by atoms with Gasteiger partial charge in [0, 0.05) is 11.6 Å². The molecule has 7 nitrogen and oxygen atoms in total. The lowest BCUT2D eigenvalue weighted by Crippen LogP contribution is -2.37. The highest BCUT2D eigenvalue weighted by molar-refractivity contribution is 5.78. The number of hydrogen-bond donors (Lipinski definition) is 3. The number of aliphatic hydroxyl groups is 3. The van der Waals surface area contributed by atoms with Crippen molar-refractivity contribution in [3.05, 3.63) is 24.3 Å². The number of nitrogens with zero attached hydrogens (tertiary/aromatic N) is 3. The Labute approximate surface area is 115 Å². The molecule has 1 saturated heterocycles. The summed E-state index contributed by atoms with van der Waals surface area (Å²) in [5.74, 6) is 0. The second-order valence-electron chi connectivity index (χ2n) is 5.13. The van der Waals surface area contributed by atoms with Crippen LogP contribution in [0.15, 0.2) is 18.6 Å². The maximum absolute atomic E-state index is 10.1. The van der Waals surface area contributed by atoms with Crippen LogP contribution in [0.2, 0.25) is 0 Å². The molecule has 2 aromatic rings. The second kappa shape index (κ2) is 4.78. The molecule has 2 aromatic heterocycles. The minimum absolute atomic E-state index is 0.625. The van der Waals surface area contributed by atoms with Gasteiger partial charge < -0.3 is 24.6 Å². The van der Waals surface area contributed by atoms with E-state index in [-0.39, 0.29) is 0 Å². The highest BCUT2D eigenvalue weighted by atomic mass is 16.6. The molecule has 1 aliphatic heterocycles. The molecular formula is C13H17N3O4. The van der Waals surface area contributed by atoms with E-state index in [1.54, 1.807) is 10.8 Å². The van der Waals surface area contributed by atoms with Crippen LogP contribution in [-0.2, 0) is 4.74 Å². The van der Waals surface area contributed by atoms with Crippen molar-refractivity contribution in [3.63, 3.8) is 0 Å². The number of aryl methyl sites for hydroxylation is 1. The molecule has 7 heteroatoms. The smallest absolute Gasteiger partial charge is 0.164 e. The summed E-state index contributed by atoms with van der Waals surface area (Å²) in [6.45, 7) is 3.39. The Bertz CT molecular complexity index is 627. The molecule has 0 radical (unpaired) electrons. The number of hydrogen-bond acceptors (Lipinski definition) is 6. The van der Waals surface area contributed by atoms with Gasteiger partial charge in [0.25, 0.3) is 0 Å².